The predicted molar refractivity (Wildman–Crippen MR) is 90.5 cm³/mol. The first-order chi connectivity index (χ1) is 11.1. The molecule has 1 amide bonds. The topological polar surface area (TPSA) is 71.7 Å². The van der Waals surface area contributed by atoms with Gasteiger partial charge in [-0.05, 0) is 44.0 Å². The van der Waals surface area contributed by atoms with Crippen molar-refractivity contribution in [2.24, 2.45) is 5.92 Å². The van der Waals surface area contributed by atoms with Crippen LogP contribution in [0.15, 0.2) is 12.1 Å². The number of hydrogen-bond acceptors (Lipinski definition) is 5. The maximum absolute atomic E-state index is 12.8. The van der Waals surface area contributed by atoms with Crippen LogP contribution in [-0.2, 0) is 4.79 Å². The quantitative estimate of drug-likeness (QED) is 0.918. The molecule has 1 aromatic rings. The van der Waals surface area contributed by atoms with Gasteiger partial charge in [0, 0.05) is 13.1 Å². The number of piperidine rings is 1. The van der Waals surface area contributed by atoms with E-state index in [9.17, 15) is 4.79 Å². The molecular weight excluding hydrogens is 292 g/mol. The number of rotatable bonds is 4. The monoisotopic (exact) mass is 318 g/mol. The Labute approximate surface area is 137 Å². The molecule has 0 aromatic carbocycles. The first-order valence-corrected chi connectivity index (χ1v) is 8.53. The van der Waals surface area contributed by atoms with Gasteiger partial charge in [0.25, 0.3) is 5.91 Å². The van der Waals surface area contributed by atoms with E-state index in [0.717, 1.165) is 19.6 Å². The number of hydrogen-bond donors (Lipinski definition) is 1. The van der Waals surface area contributed by atoms with Crippen LogP contribution in [0.5, 0.6) is 5.75 Å². The summed E-state index contributed by atoms with van der Waals surface area (Å²) in [5, 5.41) is 0. The zero-order chi connectivity index (χ0) is 16.4. The number of likely N-dealkylation sites (tertiary alicyclic amines) is 1. The van der Waals surface area contributed by atoms with Crippen LogP contribution in [0.4, 0.5) is 11.6 Å². The summed E-state index contributed by atoms with van der Waals surface area (Å²) in [5.41, 5.74) is 5.81. The van der Waals surface area contributed by atoms with Crippen LogP contribution in [-0.4, -0.2) is 48.1 Å². The second kappa shape index (κ2) is 6.74. The maximum atomic E-state index is 12.8. The molecule has 6 nitrogen and oxygen atoms in total. The van der Waals surface area contributed by atoms with Crippen molar-refractivity contribution in [2.45, 2.75) is 39.2 Å². The second-order valence-electron chi connectivity index (χ2n) is 6.73. The van der Waals surface area contributed by atoms with Crippen LogP contribution in [0.3, 0.4) is 0 Å². The molecule has 0 bridgehead atoms. The number of anilines is 2. The molecule has 0 aliphatic carbocycles. The highest BCUT2D eigenvalue weighted by Gasteiger charge is 2.37. The van der Waals surface area contributed by atoms with Gasteiger partial charge in [-0.15, -0.1) is 0 Å². The Balaban J connectivity index is 1.80. The standard InChI is InChI=1S/C17H26N4O2/c1-12(2)15-17(22)21(11-10-20-8-4-3-5-9-20)16-13(23-15)6-7-14(18)19-16/h6-7,12,15H,3-5,8-11H2,1-2H3,(H2,18,19). The molecule has 2 aliphatic heterocycles. The van der Waals surface area contributed by atoms with Crippen molar-refractivity contribution in [3.05, 3.63) is 12.1 Å². The van der Waals surface area contributed by atoms with E-state index in [4.69, 9.17) is 10.5 Å². The van der Waals surface area contributed by atoms with Crippen LogP contribution in [0.2, 0.25) is 0 Å². The van der Waals surface area contributed by atoms with Gasteiger partial charge in [0.1, 0.15) is 5.82 Å². The lowest BCUT2D eigenvalue weighted by molar-refractivity contribution is -0.128. The van der Waals surface area contributed by atoms with Crippen molar-refractivity contribution in [3.8, 4) is 5.75 Å². The summed E-state index contributed by atoms with van der Waals surface area (Å²) in [4.78, 5) is 21.3. The van der Waals surface area contributed by atoms with Gasteiger partial charge in [-0.2, -0.15) is 0 Å². The van der Waals surface area contributed by atoms with Gasteiger partial charge in [0.2, 0.25) is 0 Å². The molecule has 23 heavy (non-hydrogen) atoms. The van der Waals surface area contributed by atoms with Gasteiger partial charge in [-0.25, -0.2) is 4.98 Å². The molecule has 3 rings (SSSR count). The van der Waals surface area contributed by atoms with Crippen molar-refractivity contribution in [3.63, 3.8) is 0 Å². The third kappa shape index (κ3) is 3.42. The van der Waals surface area contributed by atoms with E-state index < -0.39 is 6.10 Å². The zero-order valence-corrected chi connectivity index (χ0v) is 14.0. The number of nitrogens with zero attached hydrogens (tertiary/aromatic N) is 3. The van der Waals surface area contributed by atoms with E-state index in [1.807, 2.05) is 19.9 Å². The van der Waals surface area contributed by atoms with Crippen molar-refractivity contribution >= 4 is 17.5 Å². The molecule has 0 radical (unpaired) electrons. The molecular formula is C17H26N4O2. The lowest BCUT2D eigenvalue weighted by atomic mass is 10.0. The average molecular weight is 318 g/mol. The van der Waals surface area contributed by atoms with Gasteiger partial charge >= 0.3 is 0 Å². The number of nitrogens with two attached hydrogens (primary N) is 1. The zero-order valence-electron chi connectivity index (χ0n) is 14.0. The summed E-state index contributed by atoms with van der Waals surface area (Å²) in [5.74, 6) is 1.72. The summed E-state index contributed by atoms with van der Waals surface area (Å²) in [6, 6.07) is 3.53. The Kier molecular flexibility index (Phi) is 4.71. The number of carbonyl (C=O) groups excluding carboxylic acids is 1. The number of aromatic nitrogens is 1. The fourth-order valence-electron chi connectivity index (χ4n) is 3.24. The third-order valence-corrected chi connectivity index (χ3v) is 4.57. The number of ether oxygens (including phenoxy) is 1. The fraction of sp³-hybridized carbons (Fsp3) is 0.647. The Morgan fingerprint density at radius 1 is 1.26 bits per heavy atom. The summed E-state index contributed by atoms with van der Waals surface area (Å²) in [6.07, 6.45) is 3.35. The lowest BCUT2D eigenvalue weighted by Gasteiger charge is -2.36. The highest BCUT2D eigenvalue weighted by atomic mass is 16.5. The fourth-order valence-corrected chi connectivity index (χ4v) is 3.24. The lowest BCUT2D eigenvalue weighted by Crippen LogP contribution is -2.51. The third-order valence-electron chi connectivity index (χ3n) is 4.57. The van der Waals surface area contributed by atoms with Crippen LogP contribution in [0.25, 0.3) is 0 Å². The minimum Gasteiger partial charge on any atom is -0.476 e. The molecule has 1 saturated heterocycles. The molecule has 126 valence electrons. The van der Waals surface area contributed by atoms with E-state index in [1.165, 1.54) is 19.3 Å². The highest BCUT2D eigenvalue weighted by Crippen LogP contribution is 2.34. The first-order valence-electron chi connectivity index (χ1n) is 8.53. The number of fused-ring (bicyclic) bond motifs is 1. The predicted octanol–water partition coefficient (Wildman–Crippen LogP) is 1.90. The maximum Gasteiger partial charge on any atom is 0.269 e. The molecule has 1 aromatic heterocycles. The largest absolute Gasteiger partial charge is 0.476 e. The average Bonchev–Trinajstić information content (AvgIpc) is 2.54. The SMILES string of the molecule is CC(C)C1Oc2ccc(N)nc2N(CCN2CCCCC2)C1=O. The molecule has 2 aliphatic rings. The molecule has 0 saturated carbocycles. The Morgan fingerprint density at radius 3 is 2.70 bits per heavy atom. The van der Waals surface area contributed by atoms with Crippen molar-refractivity contribution in [1.82, 2.24) is 9.88 Å². The van der Waals surface area contributed by atoms with Crippen LogP contribution >= 0.6 is 0 Å². The Bertz CT molecular complexity index is 570. The molecule has 3 heterocycles. The number of pyridine rings is 1. The van der Waals surface area contributed by atoms with E-state index in [-0.39, 0.29) is 11.8 Å². The van der Waals surface area contributed by atoms with E-state index >= 15 is 0 Å². The smallest absolute Gasteiger partial charge is 0.269 e. The van der Waals surface area contributed by atoms with Crippen LogP contribution in [0.1, 0.15) is 33.1 Å². The summed E-state index contributed by atoms with van der Waals surface area (Å²) in [6.45, 7) is 7.73. The molecule has 1 atom stereocenters. The summed E-state index contributed by atoms with van der Waals surface area (Å²) in [7, 11) is 0. The molecule has 2 N–H and O–H groups in total. The van der Waals surface area contributed by atoms with E-state index in [0.29, 0.717) is 23.9 Å². The van der Waals surface area contributed by atoms with Gasteiger partial charge in [0.15, 0.2) is 17.7 Å². The minimum atomic E-state index is -0.450. The molecule has 0 spiro atoms. The summed E-state index contributed by atoms with van der Waals surface area (Å²) >= 11 is 0. The Morgan fingerprint density at radius 2 is 2.00 bits per heavy atom. The molecule has 6 heteroatoms. The number of amides is 1. The first kappa shape index (κ1) is 16.1. The van der Waals surface area contributed by atoms with Crippen LogP contribution in [0, 0.1) is 5.92 Å². The van der Waals surface area contributed by atoms with Crippen molar-refractivity contribution in [1.29, 1.82) is 0 Å². The van der Waals surface area contributed by atoms with Gasteiger partial charge in [0.05, 0.1) is 0 Å². The van der Waals surface area contributed by atoms with E-state index in [2.05, 4.69) is 9.88 Å². The number of carbonyl (C=O) groups is 1. The molecule has 1 unspecified atom stereocenters. The Hall–Kier alpha value is -1.82. The second-order valence-corrected chi connectivity index (χ2v) is 6.73. The highest BCUT2D eigenvalue weighted by molar-refractivity contribution is 5.99. The van der Waals surface area contributed by atoms with Crippen molar-refractivity contribution in [2.75, 3.05) is 36.8 Å². The van der Waals surface area contributed by atoms with Gasteiger partial charge in [-0.1, -0.05) is 20.3 Å². The van der Waals surface area contributed by atoms with Crippen molar-refractivity contribution < 1.29 is 9.53 Å². The van der Waals surface area contributed by atoms with Gasteiger partial charge in [-0.3, -0.25) is 9.69 Å². The normalized spacial score (nSPS) is 22.1. The van der Waals surface area contributed by atoms with E-state index in [1.54, 1.807) is 11.0 Å². The van der Waals surface area contributed by atoms with Gasteiger partial charge < -0.3 is 15.4 Å². The molecule has 1 fully saturated rings. The number of nitrogen functional groups attached to an aromatic ring is 1. The summed E-state index contributed by atoms with van der Waals surface area (Å²) < 4.78 is 5.86. The van der Waals surface area contributed by atoms with Crippen LogP contribution < -0.4 is 15.4 Å². The minimum absolute atomic E-state index is 0.0115.